The number of aliphatic hydroxyl groups is 1. The maximum Gasteiger partial charge on any atom is 0.410 e. The highest BCUT2D eigenvalue weighted by Crippen LogP contribution is 2.41. The Balaban J connectivity index is 1.38. The molecule has 2 aromatic rings. The highest BCUT2D eigenvalue weighted by Gasteiger charge is 2.34. The molecule has 33 heavy (non-hydrogen) atoms. The van der Waals surface area contributed by atoms with Gasteiger partial charge in [0, 0.05) is 44.0 Å². The van der Waals surface area contributed by atoms with E-state index in [-0.39, 0.29) is 12.2 Å². The molecule has 176 valence electrons. The van der Waals surface area contributed by atoms with E-state index < -0.39 is 5.60 Å². The number of ether oxygens (including phenoxy) is 1. The third kappa shape index (κ3) is 4.29. The number of aryl methyl sites for hydroxylation is 2. The van der Waals surface area contributed by atoms with Crippen LogP contribution in [0, 0.1) is 13.8 Å². The molecule has 6 heteroatoms. The Hall–Kier alpha value is -2.73. The molecule has 0 spiro atoms. The summed E-state index contributed by atoms with van der Waals surface area (Å²) in [6, 6.07) is 11.2. The van der Waals surface area contributed by atoms with Crippen LogP contribution in [0.25, 0.3) is 0 Å². The number of anilines is 2. The molecule has 1 amide bonds. The summed E-state index contributed by atoms with van der Waals surface area (Å²) in [6.45, 7) is 12.1. The molecule has 5 rings (SSSR count). The van der Waals surface area contributed by atoms with Gasteiger partial charge in [-0.3, -0.25) is 0 Å². The van der Waals surface area contributed by atoms with Gasteiger partial charge >= 0.3 is 6.09 Å². The average Bonchev–Trinajstić information content (AvgIpc) is 2.75. The summed E-state index contributed by atoms with van der Waals surface area (Å²) in [7, 11) is 0. The summed E-state index contributed by atoms with van der Waals surface area (Å²) in [5.74, 6) is 0. The van der Waals surface area contributed by atoms with Gasteiger partial charge in [-0.25, -0.2) is 4.79 Å². The fourth-order valence-electron chi connectivity index (χ4n) is 5.50. The van der Waals surface area contributed by atoms with Crippen molar-refractivity contribution in [3.63, 3.8) is 0 Å². The first-order chi connectivity index (χ1) is 15.7. The van der Waals surface area contributed by atoms with Crippen molar-refractivity contribution >= 4 is 17.5 Å². The zero-order valence-corrected chi connectivity index (χ0v) is 20.2. The van der Waals surface area contributed by atoms with Gasteiger partial charge in [-0.1, -0.05) is 23.8 Å². The quantitative estimate of drug-likeness (QED) is 0.747. The van der Waals surface area contributed by atoms with Crippen molar-refractivity contribution in [1.82, 2.24) is 4.90 Å². The van der Waals surface area contributed by atoms with E-state index in [4.69, 9.17) is 4.74 Å². The predicted octanol–water partition coefficient (Wildman–Crippen LogP) is 4.52. The van der Waals surface area contributed by atoms with Crippen LogP contribution in [-0.2, 0) is 24.2 Å². The molecular weight excluding hydrogens is 414 g/mol. The third-order valence-electron chi connectivity index (χ3n) is 7.30. The minimum Gasteiger partial charge on any atom is -0.443 e. The largest absolute Gasteiger partial charge is 0.443 e. The van der Waals surface area contributed by atoms with Crippen molar-refractivity contribution in [3.05, 3.63) is 58.1 Å². The van der Waals surface area contributed by atoms with Gasteiger partial charge < -0.3 is 24.5 Å². The van der Waals surface area contributed by atoms with Crippen molar-refractivity contribution < 1.29 is 14.6 Å². The number of carbonyl (C=O) groups excluding carboxylic acids is 1. The van der Waals surface area contributed by atoms with Crippen LogP contribution in [0.5, 0.6) is 0 Å². The monoisotopic (exact) mass is 449 g/mol. The van der Waals surface area contributed by atoms with Crippen LogP contribution >= 0.6 is 0 Å². The lowest BCUT2D eigenvalue weighted by molar-refractivity contribution is 0.00111. The molecule has 3 aliphatic heterocycles. The summed E-state index contributed by atoms with van der Waals surface area (Å²) >= 11 is 0. The van der Waals surface area contributed by atoms with Crippen molar-refractivity contribution in [1.29, 1.82) is 0 Å². The van der Waals surface area contributed by atoms with E-state index in [0.29, 0.717) is 32.4 Å². The Morgan fingerprint density at radius 2 is 1.76 bits per heavy atom. The van der Waals surface area contributed by atoms with Gasteiger partial charge in [0.2, 0.25) is 0 Å². The number of likely N-dealkylation sites (tertiary alicyclic amines) is 1. The number of aliphatic hydroxyl groups excluding tert-OH is 1. The van der Waals surface area contributed by atoms with Crippen LogP contribution < -0.4 is 9.80 Å². The second-order valence-corrected chi connectivity index (χ2v) is 10.6. The van der Waals surface area contributed by atoms with E-state index >= 15 is 0 Å². The van der Waals surface area contributed by atoms with Gasteiger partial charge in [0.1, 0.15) is 5.60 Å². The summed E-state index contributed by atoms with van der Waals surface area (Å²) in [5.41, 5.74) is 8.55. The molecule has 1 N–H and O–H groups in total. The predicted molar refractivity (Wildman–Crippen MR) is 131 cm³/mol. The zero-order chi connectivity index (χ0) is 23.3. The first kappa shape index (κ1) is 22.1. The number of hydrogen-bond donors (Lipinski definition) is 1. The van der Waals surface area contributed by atoms with Crippen LogP contribution in [0.4, 0.5) is 16.2 Å². The zero-order valence-electron chi connectivity index (χ0n) is 20.2. The molecule has 1 fully saturated rings. The molecule has 2 aromatic carbocycles. The van der Waals surface area contributed by atoms with E-state index in [1.165, 1.54) is 39.2 Å². The molecule has 6 nitrogen and oxygen atoms in total. The summed E-state index contributed by atoms with van der Waals surface area (Å²) in [5, 5.41) is 9.74. The maximum absolute atomic E-state index is 12.8. The normalized spacial score (nSPS) is 18.2. The number of amides is 1. The van der Waals surface area contributed by atoms with Crippen molar-refractivity contribution in [2.24, 2.45) is 0 Å². The van der Waals surface area contributed by atoms with E-state index in [0.717, 1.165) is 19.8 Å². The van der Waals surface area contributed by atoms with E-state index in [9.17, 15) is 9.90 Å². The number of fused-ring (bicyclic) bond motifs is 6. The highest BCUT2D eigenvalue weighted by molar-refractivity contribution is 5.71. The molecule has 0 aromatic heterocycles. The number of nitrogens with zero attached hydrogens (tertiary/aromatic N) is 3. The molecule has 0 saturated carbocycles. The lowest BCUT2D eigenvalue weighted by Gasteiger charge is -2.46. The third-order valence-corrected chi connectivity index (χ3v) is 7.30. The second-order valence-electron chi connectivity index (χ2n) is 10.6. The van der Waals surface area contributed by atoms with Gasteiger partial charge in [0.15, 0.2) is 0 Å². The summed E-state index contributed by atoms with van der Waals surface area (Å²) in [4.78, 5) is 19.5. The fraction of sp³-hybridized carbons (Fsp3) is 0.519. The molecule has 0 unspecified atom stereocenters. The van der Waals surface area contributed by atoms with Gasteiger partial charge in [-0.05, 0) is 74.9 Å². The van der Waals surface area contributed by atoms with Crippen LogP contribution in [-0.4, -0.2) is 47.6 Å². The fourth-order valence-corrected chi connectivity index (χ4v) is 5.50. The first-order valence-electron chi connectivity index (χ1n) is 12.1. The number of carbonyl (C=O) groups is 1. The van der Waals surface area contributed by atoms with E-state index in [2.05, 4.69) is 54.0 Å². The minimum absolute atomic E-state index is 0.275. The smallest absolute Gasteiger partial charge is 0.410 e. The number of hydrogen-bond acceptors (Lipinski definition) is 5. The molecule has 2 bridgehead atoms. The standard InChI is InChI=1S/C27H35N3O3/c1-18-5-7-24-20(13-18)15-29-17-30(24)16-23-22(19(2)6-8-25(23)29)14-27(3,4)33-26(32)28-11-9-21(31)10-12-28/h5-8,13,21,31H,9-12,14-17H2,1-4H3. The Morgan fingerprint density at radius 3 is 2.52 bits per heavy atom. The van der Waals surface area contributed by atoms with Crippen LogP contribution in [0.1, 0.15) is 54.5 Å². The molecule has 1 saturated heterocycles. The highest BCUT2D eigenvalue weighted by atomic mass is 16.6. The topological polar surface area (TPSA) is 56.2 Å². The van der Waals surface area contributed by atoms with Crippen molar-refractivity contribution in [2.75, 3.05) is 29.6 Å². The van der Waals surface area contributed by atoms with Crippen molar-refractivity contribution in [3.8, 4) is 0 Å². The summed E-state index contributed by atoms with van der Waals surface area (Å²) < 4.78 is 6.00. The van der Waals surface area contributed by atoms with Gasteiger partial charge in [-0.2, -0.15) is 0 Å². The second kappa shape index (κ2) is 8.24. The molecule has 3 heterocycles. The SMILES string of the molecule is Cc1ccc2c(c1)CN1CN2Cc2c1ccc(C)c2CC(C)(C)OC(=O)N1CCC(O)CC1. The Morgan fingerprint density at radius 1 is 1.06 bits per heavy atom. The minimum atomic E-state index is -0.626. The van der Waals surface area contributed by atoms with E-state index in [1.54, 1.807) is 4.90 Å². The number of benzene rings is 2. The Bertz CT molecular complexity index is 1070. The van der Waals surface area contributed by atoms with E-state index in [1.807, 2.05) is 13.8 Å². The number of rotatable bonds is 3. The molecule has 0 atom stereocenters. The van der Waals surface area contributed by atoms with Gasteiger partial charge in [0.25, 0.3) is 0 Å². The maximum atomic E-state index is 12.8. The van der Waals surface area contributed by atoms with Crippen molar-refractivity contribution in [2.45, 2.75) is 71.8 Å². The van der Waals surface area contributed by atoms with Crippen LogP contribution in [0.15, 0.2) is 30.3 Å². The Kier molecular flexibility index (Phi) is 5.52. The van der Waals surface area contributed by atoms with Crippen LogP contribution in [0.2, 0.25) is 0 Å². The average molecular weight is 450 g/mol. The Labute approximate surface area is 196 Å². The first-order valence-corrected chi connectivity index (χ1v) is 12.1. The number of piperidine rings is 1. The van der Waals surface area contributed by atoms with Gasteiger partial charge in [-0.15, -0.1) is 0 Å². The summed E-state index contributed by atoms with van der Waals surface area (Å²) in [6.07, 6.45) is 1.33. The van der Waals surface area contributed by atoms with Crippen LogP contribution in [0.3, 0.4) is 0 Å². The van der Waals surface area contributed by atoms with Gasteiger partial charge in [0.05, 0.1) is 12.8 Å². The molecule has 3 aliphatic rings. The molecular formula is C27H35N3O3. The lowest BCUT2D eigenvalue weighted by atomic mass is 9.88. The molecule has 0 radical (unpaired) electrons. The molecule has 0 aliphatic carbocycles. The lowest BCUT2D eigenvalue weighted by Crippen LogP contribution is -2.47.